The number of rotatable bonds is 6. The zero-order valence-corrected chi connectivity index (χ0v) is 24.3. The van der Waals surface area contributed by atoms with Crippen LogP contribution in [0.5, 0.6) is 0 Å². The molecule has 1 saturated heterocycles. The van der Waals surface area contributed by atoms with Crippen LogP contribution in [0.15, 0.2) is 49.1 Å². The summed E-state index contributed by atoms with van der Waals surface area (Å²) in [4.78, 5) is 29.6. The van der Waals surface area contributed by atoms with Gasteiger partial charge in [0, 0.05) is 56.2 Å². The van der Waals surface area contributed by atoms with Gasteiger partial charge in [0.25, 0.3) is 0 Å². The SMILES string of the molecule is CN1CCN(Cc2ccc(NC(=O)Nc3ccc(-c4cn(C5CC5)c5ncnc(N)c45)n4cc(F)nc34)cc2C(F)(F)F)CC1. The summed E-state index contributed by atoms with van der Waals surface area (Å²) in [6.07, 6.45) is 1.89. The Morgan fingerprint density at radius 1 is 1.02 bits per heavy atom. The molecule has 2 amide bonds. The summed E-state index contributed by atoms with van der Waals surface area (Å²) in [5.74, 6) is -0.510. The number of amides is 2. The van der Waals surface area contributed by atoms with E-state index in [4.69, 9.17) is 5.73 Å². The van der Waals surface area contributed by atoms with Crippen LogP contribution in [0, 0.1) is 5.95 Å². The number of piperazine rings is 1. The van der Waals surface area contributed by atoms with Crippen molar-refractivity contribution in [3.05, 3.63) is 66.1 Å². The van der Waals surface area contributed by atoms with Gasteiger partial charge in [0.15, 0.2) is 5.65 Å². The average Bonchev–Trinajstić information content (AvgIpc) is 3.64. The van der Waals surface area contributed by atoms with Crippen LogP contribution in [-0.2, 0) is 12.7 Å². The third-order valence-corrected chi connectivity index (χ3v) is 8.35. The molecule has 2 fully saturated rings. The molecule has 1 saturated carbocycles. The van der Waals surface area contributed by atoms with E-state index >= 15 is 0 Å². The number of halogens is 4. The Labute approximate surface area is 254 Å². The van der Waals surface area contributed by atoms with Crippen molar-refractivity contribution in [1.29, 1.82) is 0 Å². The summed E-state index contributed by atoms with van der Waals surface area (Å²) in [6, 6.07) is 6.47. The first-order valence-electron chi connectivity index (χ1n) is 14.5. The van der Waals surface area contributed by atoms with Gasteiger partial charge in [-0.05, 0) is 49.7 Å². The molecule has 1 aliphatic carbocycles. The topological polar surface area (TPSA) is 122 Å². The molecular formula is C30H30F4N10O. The molecule has 0 radical (unpaired) electrons. The quantitative estimate of drug-likeness (QED) is 0.222. The van der Waals surface area contributed by atoms with Crippen molar-refractivity contribution in [2.45, 2.75) is 31.6 Å². The fourth-order valence-corrected chi connectivity index (χ4v) is 5.88. The lowest BCUT2D eigenvalue weighted by Gasteiger charge is -2.33. The Hall–Kier alpha value is -4.76. The molecule has 45 heavy (non-hydrogen) atoms. The molecule has 0 unspecified atom stereocenters. The first-order chi connectivity index (χ1) is 21.5. The van der Waals surface area contributed by atoms with Crippen LogP contribution >= 0.6 is 0 Å². The fraction of sp³-hybridized carbons (Fsp3) is 0.333. The second kappa shape index (κ2) is 11.0. The van der Waals surface area contributed by atoms with Crippen LogP contribution in [0.25, 0.3) is 27.9 Å². The number of benzene rings is 1. The van der Waals surface area contributed by atoms with Crippen molar-refractivity contribution in [2.24, 2.45) is 0 Å². The fourth-order valence-electron chi connectivity index (χ4n) is 5.88. The van der Waals surface area contributed by atoms with Gasteiger partial charge < -0.3 is 25.8 Å². The van der Waals surface area contributed by atoms with Crippen LogP contribution in [0.2, 0.25) is 0 Å². The molecule has 1 aromatic carbocycles. The van der Waals surface area contributed by atoms with Crippen LogP contribution in [0.4, 0.5) is 39.5 Å². The number of likely N-dealkylation sites (N-methyl/N-ethyl adjacent to an activating group) is 1. The lowest BCUT2D eigenvalue weighted by molar-refractivity contribution is -0.138. The molecule has 11 nitrogen and oxygen atoms in total. The molecular weight excluding hydrogens is 592 g/mol. The number of nitrogens with one attached hydrogen (secondary N) is 2. The van der Waals surface area contributed by atoms with E-state index in [2.05, 4.69) is 30.5 Å². The third kappa shape index (κ3) is 5.64. The van der Waals surface area contributed by atoms with Crippen molar-refractivity contribution < 1.29 is 22.4 Å². The number of imidazole rings is 1. The second-order valence-corrected chi connectivity index (χ2v) is 11.6. The highest BCUT2D eigenvalue weighted by atomic mass is 19.4. The van der Waals surface area contributed by atoms with E-state index in [9.17, 15) is 22.4 Å². The molecule has 5 heterocycles. The van der Waals surface area contributed by atoms with Gasteiger partial charge in [-0.2, -0.15) is 22.5 Å². The van der Waals surface area contributed by atoms with Crippen LogP contribution in [-0.4, -0.2) is 73.0 Å². The molecule has 0 atom stereocenters. The van der Waals surface area contributed by atoms with Crippen LogP contribution in [0.3, 0.4) is 0 Å². The maximum Gasteiger partial charge on any atom is 0.416 e. The van der Waals surface area contributed by atoms with E-state index in [1.54, 1.807) is 12.1 Å². The Bertz CT molecular complexity index is 1920. The molecule has 5 aromatic rings. The van der Waals surface area contributed by atoms with Crippen molar-refractivity contribution in [3.63, 3.8) is 0 Å². The number of alkyl halides is 3. The summed E-state index contributed by atoms with van der Waals surface area (Å²) in [5, 5.41) is 5.70. The van der Waals surface area contributed by atoms with Gasteiger partial charge in [0.1, 0.15) is 17.8 Å². The number of hydrogen-bond acceptors (Lipinski definition) is 7. The maximum absolute atomic E-state index is 14.6. The number of nitrogens with two attached hydrogens (primary N) is 1. The van der Waals surface area contributed by atoms with Gasteiger partial charge in [0.2, 0.25) is 5.95 Å². The van der Waals surface area contributed by atoms with Crippen molar-refractivity contribution in [1.82, 2.24) is 33.7 Å². The smallest absolute Gasteiger partial charge is 0.383 e. The maximum atomic E-state index is 14.6. The minimum Gasteiger partial charge on any atom is -0.383 e. The lowest BCUT2D eigenvalue weighted by Crippen LogP contribution is -2.44. The number of carbonyl (C=O) groups is 1. The molecule has 15 heteroatoms. The largest absolute Gasteiger partial charge is 0.416 e. The molecule has 4 N–H and O–H groups in total. The Kier molecular flexibility index (Phi) is 7.08. The molecule has 4 aromatic heterocycles. The highest BCUT2D eigenvalue weighted by Gasteiger charge is 2.34. The first kappa shape index (κ1) is 29.0. The number of carbonyl (C=O) groups excluding carboxylic acids is 1. The van der Waals surface area contributed by atoms with Gasteiger partial charge in [-0.15, -0.1) is 0 Å². The van der Waals surface area contributed by atoms with E-state index < -0.39 is 23.7 Å². The van der Waals surface area contributed by atoms with Gasteiger partial charge in [0.05, 0.1) is 28.5 Å². The van der Waals surface area contributed by atoms with Crippen LogP contribution < -0.4 is 16.4 Å². The van der Waals surface area contributed by atoms with Crippen molar-refractivity contribution in [2.75, 3.05) is 49.6 Å². The van der Waals surface area contributed by atoms with E-state index in [0.29, 0.717) is 35.4 Å². The second-order valence-electron chi connectivity index (χ2n) is 11.6. The average molecular weight is 623 g/mol. The highest BCUT2D eigenvalue weighted by molar-refractivity contribution is 6.03. The van der Waals surface area contributed by atoms with Gasteiger partial charge in [-0.3, -0.25) is 9.30 Å². The number of hydrogen-bond donors (Lipinski definition) is 3. The monoisotopic (exact) mass is 622 g/mol. The minimum absolute atomic E-state index is 0.0347. The van der Waals surface area contributed by atoms with Gasteiger partial charge in [-0.25, -0.2) is 14.8 Å². The zero-order valence-electron chi connectivity index (χ0n) is 24.3. The Morgan fingerprint density at radius 2 is 1.80 bits per heavy atom. The summed E-state index contributed by atoms with van der Waals surface area (Å²) in [5.41, 5.74) is 7.67. The number of nitrogen functional groups attached to an aromatic ring is 1. The zero-order chi connectivity index (χ0) is 31.5. The minimum atomic E-state index is -4.61. The van der Waals surface area contributed by atoms with Gasteiger partial charge in [-0.1, -0.05) is 6.07 Å². The van der Waals surface area contributed by atoms with E-state index in [0.717, 1.165) is 32.0 Å². The van der Waals surface area contributed by atoms with E-state index in [-0.39, 0.29) is 41.0 Å². The normalized spacial score (nSPS) is 16.5. The molecule has 2 aliphatic rings. The lowest BCUT2D eigenvalue weighted by atomic mass is 10.0. The molecule has 0 bridgehead atoms. The number of aromatic nitrogens is 5. The highest BCUT2D eigenvalue weighted by Crippen LogP contribution is 2.42. The van der Waals surface area contributed by atoms with E-state index in [1.165, 1.54) is 29.1 Å². The predicted octanol–water partition coefficient (Wildman–Crippen LogP) is 5.21. The van der Waals surface area contributed by atoms with Crippen molar-refractivity contribution >= 4 is 39.9 Å². The summed E-state index contributed by atoms with van der Waals surface area (Å²) in [6.45, 7) is 3.05. The first-order valence-corrected chi connectivity index (χ1v) is 14.5. The Balaban J connectivity index is 1.15. The Morgan fingerprint density at radius 3 is 2.53 bits per heavy atom. The number of nitrogens with zero attached hydrogens (tertiary/aromatic N) is 7. The summed E-state index contributed by atoms with van der Waals surface area (Å²) in [7, 11) is 1.98. The summed E-state index contributed by atoms with van der Waals surface area (Å²) < 4.78 is 60.2. The molecule has 0 spiro atoms. The third-order valence-electron chi connectivity index (χ3n) is 8.35. The molecule has 234 valence electrons. The van der Waals surface area contributed by atoms with Crippen molar-refractivity contribution in [3.8, 4) is 11.3 Å². The van der Waals surface area contributed by atoms with Crippen LogP contribution in [0.1, 0.15) is 30.0 Å². The number of urea groups is 1. The molecule has 1 aliphatic heterocycles. The predicted molar refractivity (Wildman–Crippen MR) is 161 cm³/mol. The van der Waals surface area contributed by atoms with Gasteiger partial charge >= 0.3 is 12.2 Å². The standard InChI is InChI=1S/C30H30F4N10O/c1-41-8-10-42(11-9-41)13-17-2-3-18(12-21(17)30(32,33)34)38-29(45)39-22-6-7-23(44-15-24(31)40-27(22)44)20-14-43(19-4-5-19)28-25(20)26(35)36-16-37-28/h2-3,6-7,12,14-16,19H,4-5,8-11,13H2,1H3,(H2,35,36,37)(H2,38,39,45). The summed E-state index contributed by atoms with van der Waals surface area (Å²) >= 11 is 0. The number of anilines is 3. The number of fused-ring (bicyclic) bond motifs is 2. The number of pyridine rings is 1. The van der Waals surface area contributed by atoms with E-state index in [1.807, 2.05) is 22.7 Å². The molecule has 7 rings (SSSR count).